The zero-order valence-corrected chi connectivity index (χ0v) is 12.6. The summed E-state index contributed by atoms with van der Waals surface area (Å²) in [6.07, 6.45) is 1.44. The van der Waals surface area contributed by atoms with E-state index >= 15 is 0 Å². The van der Waals surface area contributed by atoms with Gasteiger partial charge in [-0.2, -0.15) is 0 Å². The molecular weight excluding hydrogens is 268 g/mol. The van der Waals surface area contributed by atoms with Gasteiger partial charge in [-0.15, -0.1) is 0 Å². The summed E-state index contributed by atoms with van der Waals surface area (Å²) in [7, 11) is 0. The van der Waals surface area contributed by atoms with Crippen LogP contribution in [0.4, 0.5) is 10.5 Å². The molecule has 1 heterocycles. The minimum Gasteiger partial charge on any atom is -0.276 e. The Morgan fingerprint density at radius 1 is 1.05 bits per heavy atom. The molecule has 4 amide bonds. The van der Waals surface area contributed by atoms with Crippen LogP contribution >= 0.6 is 0 Å². The van der Waals surface area contributed by atoms with Gasteiger partial charge in [-0.3, -0.25) is 14.9 Å². The van der Waals surface area contributed by atoms with Gasteiger partial charge in [0.2, 0.25) is 5.91 Å². The van der Waals surface area contributed by atoms with E-state index in [1.807, 2.05) is 19.1 Å². The van der Waals surface area contributed by atoms with E-state index in [4.69, 9.17) is 0 Å². The van der Waals surface area contributed by atoms with Gasteiger partial charge in [-0.1, -0.05) is 39.0 Å². The van der Waals surface area contributed by atoms with Gasteiger partial charge in [-0.05, 0) is 30.9 Å². The van der Waals surface area contributed by atoms with E-state index < -0.39 is 23.3 Å². The number of amides is 4. The first kappa shape index (κ1) is 15.2. The molecule has 1 aliphatic rings. The molecule has 21 heavy (non-hydrogen) atoms. The number of imide groups is 2. The van der Waals surface area contributed by atoms with Crippen LogP contribution < -0.4 is 10.2 Å². The number of urea groups is 1. The molecule has 1 aromatic rings. The maximum atomic E-state index is 12.8. The molecule has 1 N–H and O–H groups in total. The normalized spacial score (nSPS) is 17.9. The van der Waals surface area contributed by atoms with Crippen LogP contribution in [0, 0.1) is 5.41 Å². The van der Waals surface area contributed by atoms with E-state index in [-0.39, 0.29) is 0 Å². The van der Waals surface area contributed by atoms with Crippen LogP contribution in [-0.2, 0) is 16.0 Å². The van der Waals surface area contributed by atoms with Gasteiger partial charge in [0.05, 0.1) is 5.69 Å². The van der Waals surface area contributed by atoms with E-state index in [2.05, 4.69) is 5.32 Å². The zero-order chi connectivity index (χ0) is 15.6. The molecule has 0 atom stereocenters. The number of carbonyl (C=O) groups excluding carboxylic acids is 3. The highest BCUT2D eigenvalue weighted by Gasteiger charge is 2.52. The minimum atomic E-state index is -1.16. The van der Waals surface area contributed by atoms with Crippen LogP contribution in [0.1, 0.15) is 39.2 Å². The molecule has 0 aromatic heterocycles. The monoisotopic (exact) mass is 288 g/mol. The van der Waals surface area contributed by atoms with Crippen LogP contribution in [0.15, 0.2) is 24.3 Å². The molecule has 1 fully saturated rings. The highest BCUT2D eigenvalue weighted by molar-refractivity contribution is 6.30. The van der Waals surface area contributed by atoms with Crippen molar-refractivity contribution in [2.45, 2.75) is 40.0 Å². The number of hydrogen-bond donors (Lipinski definition) is 1. The average molecular weight is 288 g/mol. The fraction of sp³-hybridized carbons (Fsp3) is 0.438. The van der Waals surface area contributed by atoms with Crippen molar-refractivity contribution in [1.29, 1.82) is 0 Å². The summed E-state index contributed by atoms with van der Waals surface area (Å²) in [6.45, 7) is 5.55. The smallest absolute Gasteiger partial charge is 0.276 e. The second-order valence-corrected chi connectivity index (χ2v) is 5.17. The van der Waals surface area contributed by atoms with E-state index in [9.17, 15) is 14.4 Å². The number of carbonyl (C=O) groups is 3. The summed E-state index contributed by atoms with van der Waals surface area (Å²) in [4.78, 5) is 38.3. The molecule has 112 valence electrons. The molecule has 0 unspecified atom stereocenters. The Morgan fingerprint density at radius 3 is 2.24 bits per heavy atom. The Morgan fingerprint density at radius 2 is 1.67 bits per heavy atom. The lowest BCUT2D eigenvalue weighted by atomic mass is 9.78. The number of aryl methyl sites for hydroxylation is 1. The number of rotatable bonds is 4. The van der Waals surface area contributed by atoms with Gasteiger partial charge in [0.1, 0.15) is 5.41 Å². The molecule has 0 bridgehead atoms. The molecule has 0 saturated carbocycles. The summed E-state index contributed by atoms with van der Waals surface area (Å²) in [5, 5.41) is 2.33. The van der Waals surface area contributed by atoms with Gasteiger partial charge in [0.25, 0.3) is 5.91 Å². The van der Waals surface area contributed by atoms with Gasteiger partial charge in [0.15, 0.2) is 0 Å². The van der Waals surface area contributed by atoms with Crippen LogP contribution in [-0.4, -0.2) is 17.8 Å². The molecule has 1 aliphatic heterocycles. The second kappa shape index (κ2) is 5.68. The summed E-state index contributed by atoms with van der Waals surface area (Å²) < 4.78 is 0. The zero-order valence-electron chi connectivity index (χ0n) is 12.6. The fourth-order valence-corrected chi connectivity index (χ4v) is 2.80. The van der Waals surface area contributed by atoms with Gasteiger partial charge in [-0.25, -0.2) is 9.69 Å². The Labute approximate surface area is 124 Å². The van der Waals surface area contributed by atoms with Crippen LogP contribution in [0.25, 0.3) is 0 Å². The first-order valence-corrected chi connectivity index (χ1v) is 7.29. The van der Waals surface area contributed by atoms with E-state index in [0.29, 0.717) is 24.9 Å². The summed E-state index contributed by atoms with van der Waals surface area (Å²) >= 11 is 0. The van der Waals surface area contributed by atoms with Gasteiger partial charge < -0.3 is 0 Å². The minimum absolute atomic E-state index is 0.367. The van der Waals surface area contributed by atoms with Crippen molar-refractivity contribution >= 4 is 23.5 Å². The topological polar surface area (TPSA) is 66.5 Å². The number of nitrogens with zero attached hydrogens (tertiary/aromatic N) is 1. The van der Waals surface area contributed by atoms with Crippen LogP contribution in [0.5, 0.6) is 0 Å². The van der Waals surface area contributed by atoms with Crippen molar-refractivity contribution in [2.75, 3.05) is 4.90 Å². The Balaban J connectivity index is 2.55. The largest absolute Gasteiger partial charge is 0.335 e. The van der Waals surface area contributed by atoms with Crippen molar-refractivity contribution in [3.8, 4) is 0 Å². The summed E-state index contributed by atoms with van der Waals surface area (Å²) in [5.74, 6) is -0.921. The Hall–Kier alpha value is -2.17. The summed E-state index contributed by atoms with van der Waals surface area (Å²) in [6, 6.07) is 6.61. The van der Waals surface area contributed by atoms with E-state index in [1.54, 1.807) is 26.0 Å². The predicted octanol–water partition coefficient (Wildman–Crippen LogP) is 2.64. The first-order valence-electron chi connectivity index (χ1n) is 7.29. The Bertz CT molecular complexity index is 591. The molecule has 5 heteroatoms. The van der Waals surface area contributed by atoms with Gasteiger partial charge in [0, 0.05) is 0 Å². The highest BCUT2D eigenvalue weighted by atomic mass is 16.2. The van der Waals surface area contributed by atoms with E-state index in [0.717, 1.165) is 10.5 Å². The lowest BCUT2D eigenvalue weighted by molar-refractivity contribution is -0.143. The fourth-order valence-electron chi connectivity index (χ4n) is 2.80. The SMILES string of the molecule is CCc1ccccc1N1C(=O)NC(=O)C(CC)(CC)C1=O. The third kappa shape index (κ3) is 2.22. The number of benzene rings is 1. The van der Waals surface area contributed by atoms with Crippen LogP contribution in [0.3, 0.4) is 0 Å². The van der Waals surface area contributed by atoms with E-state index in [1.165, 1.54) is 0 Å². The molecule has 0 radical (unpaired) electrons. The highest BCUT2D eigenvalue weighted by Crippen LogP contribution is 2.35. The van der Waals surface area contributed by atoms with Crippen molar-refractivity contribution in [2.24, 2.45) is 5.41 Å². The molecule has 2 rings (SSSR count). The lowest BCUT2D eigenvalue weighted by Crippen LogP contribution is -2.64. The third-order valence-electron chi connectivity index (χ3n) is 4.29. The lowest BCUT2D eigenvalue weighted by Gasteiger charge is -2.38. The standard InChI is InChI=1S/C16H20N2O3/c1-4-11-9-7-8-10-12(11)18-14(20)16(5-2,6-3)13(19)17-15(18)21/h7-10H,4-6H2,1-3H3,(H,17,19,21). The number of anilines is 1. The van der Waals surface area contributed by atoms with Crippen molar-refractivity contribution in [3.63, 3.8) is 0 Å². The molecule has 1 saturated heterocycles. The number of para-hydroxylation sites is 1. The number of barbiturate groups is 1. The average Bonchev–Trinajstić information content (AvgIpc) is 2.49. The molecule has 5 nitrogen and oxygen atoms in total. The van der Waals surface area contributed by atoms with Crippen molar-refractivity contribution in [1.82, 2.24) is 5.32 Å². The first-order chi connectivity index (χ1) is 10.0. The Kier molecular flexibility index (Phi) is 4.11. The summed E-state index contributed by atoms with van der Waals surface area (Å²) in [5.41, 5.74) is 0.298. The number of hydrogen-bond acceptors (Lipinski definition) is 3. The number of nitrogens with one attached hydrogen (secondary N) is 1. The molecule has 0 aliphatic carbocycles. The second-order valence-electron chi connectivity index (χ2n) is 5.17. The maximum Gasteiger partial charge on any atom is 0.335 e. The quantitative estimate of drug-likeness (QED) is 0.866. The molecular formula is C16H20N2O3. The third-order valence-corrected chi connectivity index (χ3v) is 4.29. The predicted molar refractivity (Wildman–Crippen MR) is 79.9 cm³/mol. The van der Waals surface area contributed by atoms with Crippen molar-refractivity contribution < 1.29 is 14.4 Å². The molecule has 0 spiro atoms. The molecule has 1 aromatic carbocycles. The van der Waals surface area contributed by atoms with Crippen LogP contribution in [0.2, 0.25) is 0 Å². The maximum absolute atomic E-state index is 12.8. The van der Waals surface area contributed by atoms with Gasteiger partial charge >= 0.3 is 6.03 Å². The van der Waals surface area contributed by atoms with Crippen molar-refractivity contribution in [3.05, 3.63) is 29.8 Å².